The number of carbonyl (C=O) groups is 1. The molecule has 2 heterocycles. The molecule has 5 rings (SSSR count). The normalized spacial score (nSPS) is 14.1. The SMILES string of the molecule is CC(C)Cn1cc(-c2c(F)cc(O)c3c2C(C)(C)CN3c2ccccc2NC(=O)Nc2ccc(OC(F)(F)F)cc2)cn1. The number of phenols is 1. The van der Waals surface area contributed by atoms with Gasteiger partial charge in [-0.2, -0.15) is 5.10 Å². The second-order valence-electron chi connectivity index (χ2n) is 11.5. The van der Waals surface area contributed by atoms with Gasteiger partial charge in [-0.15, -0.1) is 13.2 Å². The van der Waals surface area contributed by atoms with Gasteiger partial charge in [0.15, 0.2) is 0 Å². The first-order valence-corrected chi connectivity index (χ1v) is 13.6. The zero-order chi connectivity index (χ0) is 31.1. The number of urea groups is 1. The molecule has 0 unspecified atom stereocenters. The molecule has 0 saturated heterocycles. The Bertz CT molecular complexity index is 1650. The minimum atomic E-state index is -4.82. The smallest absolute Gasteiger partial charge is 0.506 e. The summed E-state index contributed by atoms with van der Waals surface area (Å²) in [7, 11) is 0. The highest BCUT2D eigenvalue weighted by Crippen LogP contribution is 2.54. The minimum absolute atomic E-state index is 0.239. The van der Waals surface area contributed by atoms with E-state index in [9.17, 15) is 23.1 Å². The Morgan fingerprint density at radius 3 is 2.49 bits per heavy atom. The second kappa shape index (κ2) is 11.2. The number of hydrogen-bond donors (Lipinski definition) is 3. The fraction of sp³-hybridized carbons (Fsp3) is 0.290. The van der Waals surface area contributed by atoms with Crippen molar-refractivity contribution in [1.29, 1.82) is 0 Å². The van der Waals surface area contributed by atoms with Gasteiger partial charge >= 0.3 is 12.4 Å². The van der Waals surface area contributed by atoms with E-state index in [-0.39, 0.29) is 11.4 Å². The number of para-hydroxylation sites is 2. The molecule has 43 heavy (non-hydrogen) atoms. The van der Waals surface area contributed by atoms with Crippen LogP contribution in [-0.2, 0) is 12.0 Å². The Hall–Kier alpha value is -4.74. The van der Waals surface area contributed by atoms with E-state index in [4.69, 9.17) is 0 Å². The molecule has 1 aliphatic rings. The molecule has 3 aromatic carbocycles. The zero-order valence-corrected chi connectivity index (χ0v) is 24.0. The summed E-state index contributed by atoms with van der Waals surface area (Å²) < 4.78 is 58.5. The number of amides is 2. The van der Waals surface area contributed by atoms with Crippen molar-refractivity contribution in [2.24, 2.45) is 5.92 Å². The van der Waals surface area contributed by atoms with E-state index in [1.165, 1.54) is 12.1 Å². The number of nitrogens with zero attached hydrogens (tertiary/aromatic N) is 3. The predicted octanol–water partition coefficient (Wildman–Crippen LogP) is 8.02. The number of benzene rings is 3. The summed E-state index contributed by atoms with van der Waals surface area (Å²) in [6.07, 6.45) is -1.40. The molecule has 8 nitrogen and oxygen atoms in total. The third-order valence-corrected chi connectivity index (χ3v) is 6.99. The van der Waals surface area contributed by atoms with Gasteiger partial charge in [-0.3, -0.25) is 4.68 Å². The molecule has 0 saturated carbocycles. The zero-order valence-electron chi connectivity index (χ0n) is 24.0. The molecule has 0 atom stereocenters. The van der Waals surface area contributed by atoms with Crippen LogP contribution in [-0.4, -0.2) is 33.8 Å². The Morgan fingerprint density at radius 2 is 1.81 bits per heavy atom. The number of carbonyl (C=O) groups excluding carboxylic acids is 1. The van der Waals surface area contributed by atoms with Crippen LogP contribution in [0.15, 0.2) is 67.0 Å². The fourth-order valence-corrected chi connectivity index (χ4v) is 5.41. The van der Waals surface area contributed by atoms with Crippen molar-refractivity contribution in [1.82, 2.24) is 9.78 Å². The van der Waals surface area contributed by atoms with E-state index in [1.54, 1.807) is 41.3 Å². The van der Waals surface area contributed by atoms with Crippen LogP contribution in [0.3, 0.4) is 0 Å². The highest BCUT2D eigenvalue weighted by atomic mass is 19.4. The number of aromatic nitrogens is 2. The van der Waals surface area contributed by atoms with Crippen molar-refractivity contribution in [3.63, 3.8) is 0 Å². The van der Waals surface area contributed by atoms with Crippen LogP contribution >= 0.6 is 0 Å². The topological polar surface area (TPSA) is 91.7 Å². The van der Waals surface area contributed by atoms with Crippen LogP contribution in [0.25, 0.3) is 11.1 Å². The van der Waals surface area contributed by atoms with Gasteiger partial charge in [0.1, 0.15) is 17.3 Å². The summed E-state index contributed by atoms with van der Waals surface area (Å²) in [5, 5.41) is 20.8. The minimum Gasteiger partial charge on any atom is -0.506 e. The van der Waals surface area contributed by atoms with Crippen LogP contribution in [0.2, 0.25) is 0 Å². The molecule has 0 aliphatic carbocycles. The van der Waals surface area contributed by atoms with Gasteiger partial charge in [0.05, 0.1) is 23.3 Å². The highest BCUT2D eigenvalue weighted by molar-refractivity contribution is 6.03. The van der Waals surface area contributed by atoms with E-state index in [0.29, 0.717) is 52.8 Å². The Labute approximate surface area is 245 Å². The van der Waals surface area contributed by atoms with Crippen LogP contribution in [0, 0.1) is 11.7 Å². The quantitative estimate of drug-likeness (QED) is 0.188. The number of anilines is 4. The molecule has 1 aromatic heterocycles. The fourth-order valence-electron chi connectivity index (χ4n) is 5.41. The average Bonchev–Trinajstić information content (AvgIpc) is 3.46. The van der Waals surface area contributed by atoms with Gasteiger partial charge in [0.25, 0.3) is 0 Å². The molecule has 12 heteroatoms. The van der Waals surface area contributed by atoms with E-state index >= 15 is 4.39 Å². The summed E-state index contributed by atoms with van der Waals surface area (Å²) in [5.41, 5.74) is 2.59. The van der Waals surface area contributed by atoms with Gasteiger partial charge < -0.3 is 25.4 Å². The molecule has 0 spiro atoms. The van der Waals surface area contributed by atoms with E-state index in [2.05, 4.69) is 34.3 Å². The summed E-state index contributed by atoms with van der Waals surface area (Å²) in [6.45, 7) is 9.09. The van der Waals surface area contributed by atoms with Crippen molar-refractivity contribution in [2.45, 2.75) is 46.0 Å². The third-order valence-electron chi connectivity index (χ3n) is 6.99. The molecular formula is C31H31F4N5O3. The van der Waals surface area contributed by atoms with Crippen molar-refractivity contribution in [3.8, 4) is 22.6 Å². The number of rotatable bonds is 7. The lowest BCUT2D eigenvalue weighted by Crippen LogP contribution is -2.27. The molecule has 4 aromatic rings. The molecule has 226 valence electrons. The van der Waals surface area contributed by atoms with Crippen molar-refractivity contribution < 1.29 is 32.2 Å². The van der Waals surface area contributed by atoms with Crippen LogP contribution in [0.1, 0.15) is 33.3 Å². The number of fused-ring (bicyclic) bond motifs is 1. The molecule has 0 radical (unpaired) electrons. The summed E-state index contributed by atoms with van der Waals surface area (Å²) in [4.78, 5) is 14.7. The third kappa shape index (κ3) is 6.37. The predicted molar refractivity (Wildman–Crippen MR) is 156 cm³/mol. The number of hydrogen-bond acceptors (Lipinski definition) is 5. The van der Waals surface area contributed by atoms with Crippen molar-refractivity contribution in [2.75, 3.05) is 22.1 Å². The molecule has 2 amide bonds. The lowest BCUT2D eigenvalue weighted by atomic mass is 9.82. The van der Waals surface area contributed by atoms with Gasteiger partial charge in [-0.25, -0.2) is 9.18 Å². The van der Waals surface area contributed by atoms with E-state index in [1.807, 2.05) is 18.7 Å². The Kier molecular flexibility index (Phi) is 7.72. The standard InChI is InChI=1S/C31H31F4N5O3/c1-18(2)15-39-16-19(14-36-39)26-22(32)13-25(41)28-27(26)30(3,4)17-40(28)24-8-6-5-7-23(24)38-29(42)37-20-9-11-21(12-10-20)43-31(33,34)35/h5-14,16,18,41H,15,17H2,1-4H3,(H2,37,38,42). The van der Waals surface area contributed by atoms with Gasteiger partial charge in [0.2, 0.25) is 0 Å². The maximum absolute atomic E-state index is 15.6. The molecule has 3 N–H and O–H groups in total. The lowest BCUT2D eigenvalue weighted by molar-refractivity contribution is -0.274. The number of nitrogens with one attached hydrogen (secondary N) is 2. The van der Waals surface area contributed by atoms with E-state index in [0.717, 1.165) is 18.2 Å². The molecule has 0 bridgehead atoms. The number of halogens is 4. The lowest BCUT2D eigenvalue weighted by Gasteiger charge is -2.25. The number of alkyl halides is 3. The van der Waals surface area contributed by atoms with Crippen LogP contribution < -0.4 is 20.3 Å². The number of aromatic hydroxyl groups is 1. The van der Waals surface area contributed by atoms with Crippen molar-refractivity contribution >= 4 is 28.8 Å². The highest BCUT2D eigenvalue weighted by Gasteiger charge is 2.42. The molecule has 0 fully saturated rings. The summed E-state index contributed by atoms with van der Waals surface area (Å²) >= 11 is 0. The maximum Gasteiger partial charge on any atom is 0.573 e. The number of ether oxygens (including phenoxy) is 1. The average molecular weight is 598 g/mol. The maximum atomic E-state index is 15.6. The summed E-state index contributed by atoms with van der Waals surface area (Å²) in [6, 6.07) is 12.1. The molecular weight excluding hydrogens is 566 g/mol. The van der Waals surface area contributed by atoms with Crippen LogP contribution in [0.5, 0.6) is 11.5 Å². The first-order chi connectivity index (χ1) is 20.2. The summed E-state index contributed by atoms with van der Waals surface area (Å²) in [5.74, 6) is -0.870. The molecule has 1 aliphatic heterocycles. The monoisotopic (exact) mass is 597 g/mol. The van der Waals surface area contributed by atoms with Crippen molar-refractivity contribution in [3.05, 3.63) is 78.4 Å². The second-order valence-corrected chi connectivity index (χ2v) is 11.5. The van der Waals surface area contributed by atoms with Gasteiger partial charge in [0, 0.05) is 47.6 Å². The Morgan fingerprint density at radius 1 is 1.12 bits per heavy atom. The first-order valence-electron chi connectivity index (χ1n) is 13.6. The largest absolute Gasteiger partial charge is 0.573 e. The first kappa shape index (κ1) is 29.7. The van der Waals surface area contributed by atoms with Gasteiger partial charge in [-0.1, -0.05) is 39.8 Å². The Balaban J connectivity index is 1.45. The number of phenolic OH excluding ortho intramolecular Hbond substituents is 1. The van der Waals surface area contributed by atoms with Crippen LogP contribution in [0.4, 0.5) is 45.1 Å². The van der Waals surface area contributed by atoms with Gasteiger partial charge in [-0.05, 0) is 47.9 Å². The van der Waals surface area contributed by atoms with E-state index < -0.39 is 29.4 Å².